The van der Waals surface area contributed by atoms with E-state index in [1.807, 2.05) is 5.32 Å². The summed E-state index contributed by atoms with van der Waals surface area (Å²) >= 11 is 0. The number of ether oxygens (including phenoxy) is 1. The van der Waals surface area contributed by atoms with Crippen LogP contribution in [0.15, 0.2) is 22.7 Å². The zero-order valence-electron chi connectivity index (χ0n) is 12.7. The minimum absolute atomic E-state index is 0.147. The summed E-state index contributed by atoms with van der Waals surface area (Å²) in [6, 6.07) is 1.39. The molecule has 2 aromatic rings. The second-order valence-corrected chi connectivity index (χ2v) is 4.87. The van der Waals surface area contributed by atoms with E-state index in [-0.39, 0.29) is 17.6 Å². The highest BCUT2D eigenvalue weighted by Crippen LogP contribution is 2.41. The maximum Gasteiger partial charge on any atom is 0.417 e. The number of amides is 1. The zero-order chi connectivity index (χ0) is 19.0. The number of methoxy groups -OCH3 is 1. The van der Waals surface area contributed by atoms with E-state index in [0.717, 1.165) is 7.11 Å². The van der Waals surface area contributed by atoms with Crippen LogP contribution in [0.25, 0.3) is 0 Å². The van der Waals surface area contributed by atoms with Gasteiger partial charge in [0.25, 0.3) is 5.91 Å². The number of hydrogen-bond acceptors (Lipinski definition) is 4. The lowest BCUT2D eigenvalue weighted by molar-refractivity contribution is -0.143. The lowest BCUT2D eigenvalue weighted by atomic mass is 10.0. The highest BCUT2D eigenvalue weighted by molar-refractivity contribution is 6.07. The van der Waals surface area contributed by atoms with Crippen molar-refractivity contribution >= 4 is 11.7 Å². The van der Waals surface area contributed by atoms with Crippen LogP contribution < -0.4 is 10.1 Å². The molecule has 0 aliphatic rings. The molecule has 0 bridgehead atoms. The van der Waals surface area contributed by atoms with Crippen LogP contribution in [0.1, 0.15) is 27.2 Å². The average molecular weight is 368 g/mol. The Morgan fingerprint density at radius 1 is 1.12 bits per heavy atom. The Morgan fingerprint density at radius 2 is 1.76 bits per heavy atom. The van der Waals surface area contributed by atoms with Gasteiger partial charge in [0, 0.05) is 6.07 Å². The van der Waals surface area contributed by atoms with Crippen LogP contribution in [0.5, 0.6) is 5.75 Å². The monoisotopic (exact) mass is 368 g/mol. The number of carbonyl (C=O) groups excluding carboxylic acids is 1. The summed E-state index contributed by atoms with van der Waals surface area (Å²) < 4.78 is 87.3. The van der Waals surface area contributed by atoms with Crippen molar-refractivity contribution in [3.63, 3.8) is 0 Å². The fraction of sp³-hybridized carbons (Fsp3) is 0.286. The van der Waals surface area contributed by atoms with E-state index < -0.39 is 40.7 Å². The van der Waals surface area contributed by atoms with Crippen LogP contribution in [-0.2, 0) is 12.4 Å². The predicted molar refractivity (Wildman–Crippen MR) is 72.2 cm³/mol. The molecule has 2 rings (SSSR count). The second kappa shape index (κ2) is 6.30. The second-order valence-electron chi connectivity index (χ2n) is 4.87. The van der Waals surface area contributed by atoms with Crippen molar-refractivity contribution in [3.05, 3.63) is 40.6 Å². The first-order valence-corrected chi connectivity index (χ1v) is 6.54. The van der Waals surface area contributed by atoms with E-state index in [2.05, 4.69) is 14.4 Å². The lowest BCUT2D eigenvalue weighted by Crippen LogP contribution is -2.21. The summed E-state index contributed by atoms with van der Waals surface area (Å²) in [5, 5.41) is 5.40. The average Bonchev–Trinajstić information content (AvgIpc) is 2.88. The van der Waals surface area contributed by atoms with Crippen LogP contribution >= 0.6 is 0 Å². The third kappa shape index (κ3) is 4.03. The first-order valence-electron chi connectivity index (χ1n) is 6.54. The normalized spacial score (nSPS) is 12.2. The number of hydrogen-bond donors (Lipinski definition) is 1. The molecule has 0 fully saturated rings. The minimum Gasteiger partial charge on any atom is -0.496 e. The van der Waals surface area contributed by atoms with Crippen LogP contribution in [0, 0.1) is 6.92 Å². The molecule has 0 spiro atoms. The van der Waals surface area contributed by atoms with Crippen molar-refractivity contribution < 1.29 is 40.4 Å². The van der Waals surface area contributed by atoms with Gasteiger partial charge in [0.15, 0.2) is 5.82 Å². The lowest BCUT2D eigenvalue weighted by Gasteiger charge is -2.18. The molecule has 0 aliphatic carbocycles. The Bertz CT molecular complexity index is 795. The van der Waals surface area contributed by atoms with Gasteiger partial charge in [-0.15, -0.1) is 0 Å². The molecular weight excluding hydrogens is 358 g/mol. The minimum atomic E-state index is -5.22. The van der Waals surface area contributed by atoms with Crippen LogP contribution in [0.2, 0.25) is 0 Å². The molecule has 11 heteroatoms. The Labute approximate surface area is 136 Å². The molecule has 1 heterocycles. The van der Waals surface area contributed by atoms with E-state index in [4.69, 9.17) is 0 Å². The molecule has 1 aromatic heterocycles. The smallest absolute Gasteiger partial charge is 0.417 e. The Morgan fingerprint density at radius 3 is 2.20 bits per heavy atom. The van der Waals surface area contributed by atoms with Gasteiger partial charge < -0.3 is 14.6 Å². The summed E-state index contributed by atoms with van der Waals surface area (Å²) in [4.78, 5) is 12.2. The first kappa shape index (κ1) is 18.6. The molecular formula is C14H10F6N2O3. The molecule has 1 amide bonds. The van der Waals surface area contributed by atoms with Gasteiger partial charge in [0.1, 0.15) is 11.5 Å². The van der Waals surface area contributed by atoms with Gasteiger partial charge in [-0.1, -0.05) is 5.16 Å². The van der Waals surface area contributed by atoms with Crippen molar-refractivity contribution in [2.24, 2.45) is 0 Å². The fourth-order valence-corrected chi connectivity index (χ4v) is 2.00. The topological polar surface area (TPSA) is 64.4 Å². The van der Waals surface area contributed by atoms with E-state index in [1.165, 1.54) is 13.0 Å². The van der Waals surface area contributed by atoms with Crippen molar-refractivity contribution in [1.82, 2.24) is 5.16 Å². The Balaban J connectivity index is 2.60. The van der Waals surface area contributed by atoms with Crippen molar-refractivity contribution in [1.29, 1.82) is 0 Å². The van der Waals surface area contributed by atoms with E-state index >= 15 is 0 Å². The standard InChI is InChI=1S/C14H10F6N2O3/c1-6-3-10(22-25-6)21-12(23)11-8(14(18,19)20)4-7(13(15,16)17)5-9(11)24-2/h3-5H,1-2H3,(H,21,22,23). The Hall–Kier alpha value is -2.72. The fourth-order valence-electron chi connectivity index (χ4n) is 2.00. The molecule has 0 saturated heterocycles. The maximum atomic E-state index is 13.2. The van der Waals surface area contributed by atoms with Gasteiger partial charge in [-0.2, -0.15) is 26.3 Å². The third-order valence-electron chi connectivity index (χ3n) is 3.05. The summed E-state index contributed by atoms with van der Waals surface area (Å²) in [7, 11) is 0.854. The summed E-state index contributed by atoms with van der Waals surface area (Å²) in [5.41, 5.74) is -4.47. The number of nitrogens with zero attached hydrogens (tertiary/aromatic N) is 1. The van der Waals surface area contributed by atoms with Gasteiger partial charge in [-0.05, 0) is 19.1 Å². The molecule has 25 heavy (non-hydrogen) atoms. The van der Waals surface area contributed by atoms with Gasteiger partial charge in [0.05, 0.1) is 23.8 Å². The van der Waals surface area contributed by atoms with E-state index in [0.29, 0.717) is 6.07 Å². The quantitative estimate of drug-likeness (QED) is 0.822. The number of anilines is 1. The van der Waals surface area contributed by atoms with Crippen molar-refractivity contribution in [3.8, 4) is 5.75 Å². The number of nitrogens with one attached hydrogen (secondary N) is 1. The number of benzene rings is 1. The van der Waals surface area contributed by atoms with E-state index in [1.54, 1.807) is 0 Å². The van der Waals surface area contributed by atoms with Crippen LogP contribution in [0.4, 0.5) is 32.2 Å². The molecule has 0 saturated carbocycles. The summed E-state index contributed by atoms with van der Waals surface area (Å²) in [6.07, 6.45) is -10.3. The van der Waals surface area contributed by atoms with Gasteiger partial charge in [-0.25, -0.2) is 0 Å². The molecule has 0 atom stereocenters. The number of rotatable bonds is 3. The number of carbonyl (C=O) groups is 1. The number of alkyl halides is 6. The third-order valence-corrected chi connectivity index (χ3v) is 3.05. The number of aryl methyl sites for hydroxylation is 1. The first-order chi connectivity index (χ1) is 11.4. The van der Waals surface area contributed by atoms with Crippen molar-refractivity contribution in [2.75, 3.05) is 12.4 Å². The van der Waals surface area contributed by atoms with Gasteiger partial charge >= 0.3 is 12.4 Å². The largest absolute Gasteiger partial charge is 0.496 e. The maximum absolute atomic E-state index is 13.2. The number of aromatic nitrogens is 1. The van der Waals surface area contributed by atoms with E-state index in [9.17, 15) is 31.1 Å². The summed E-state index contributed by atoms with van der Waals surface area (Å²) in [6.45, 7) is 1.47. The molecule has 0 aliphatic heterocycles. The highest BCUT2D eigenvalue weighted by atomic mass is 19.4. The molecule has 1 aromatic carbocycles. The SMILES string of the molecule is COc1cc(C(F)(F)F)cc(C(F)(F)F)c1C(=O)Nc1cc(C)on1. The molecule has 0 unspecified atom stereocenters. The zero-order valence-corrected chi connectivity index (χ0v) is 12.7. The molecule has 5 nitrogen and oxygen atoms in total. The van der Waals surface area contributed by atoms with Crippen molar-refractivity contribution in [2.45, 2.75) is 19.3 Å². The summed E-state index contributed by atoms with van der Waals surface area (Å²) in [5.74, 6) is -2.14. The predicted octanol–water partition coefficient (Wildman–Crippen LogP) is 4.28. The molecule has 0 radical (unpaired) electrons. The van der Waals surface area contributed by atoms with Crippen LogP contribution in [-0.4, -0.2) is 18.2 Å². The van der Waals surface area contributed by atoms with Gasteiger partial charge in [-0.3, -0.25) is 4.79 Å². The highest BCUT2D eigenvalue weighted by Gasteiger charge is 2.41. The number of halogens is 6. The molecule has 1 N–H and O–H groups in total. The Kier molecular flexibility index (Phi) is 4.69. The van der Waals surface area contributed by atoms with Crippen LogP contribution in [0.3, 0.4) is 0 Å². The molecule has 136 valence electrons. The van der Waals surface area contributed by atoms with Gasteiger partial charge in [0.2, 0.25) is 0 Å².